The van der Waals surface area contributed by atoms with E-state index in [1.54, 1.807) is 60.8 Å². The Morgan fingerprint density at radius 3 is 2.62 bits per heavy atom. The van der Waals surface area contributed by atoms with E-state index < -0.39 is 17.4 Å². The third-order valence-corrected chi connectivity index (χ3v) is 6.38. The number of esters is 1. The Bertz CT molecular complexity index is 1580. The van der Waals surface area contributed by atoms with Gasteiger partial charge in [-0.3, -0.25) is 9.59 Å². The van der Waals surface area contributed by atoms with Gasteiger partial charge in [0.2, 0.25) is 5.91 Å². The summed E-state index contributed by atoms with van der Waals surface area (Å²) in [5.41, 5.74) is 0.502. The van der Waals surface area contributed by atoms with Crippen LogP contribution >= 0.6 is 22.9 Å². The van der Waals surface area contributed by atoms with E-state index in [0.29, 0.717) is 27.8 Å². The molecule has 9 nitrogen and oxygen atoms in total. The third kappa shape index (κ3) is 5.50. The topological polar surface area (TPSA) is 109 Å². The minimum absolute atomic E-state index is 0.0472. The molecule has 1 amide bonds. The molecule has 0 fully saturated rings. The summed E-state index contributed by atoms with van der Waals surface area (Å²) in [6.45, 7) is 1.80. The molecule has 4 rings (SSSR count). The summed E-state index contributed by atoms with van der Waals surface area (Å²) in [7, 11) is 3.06. The molecule has 2 aromatic heterocycles. The lowest BCUT2D eigenvalue weighted by Gasteiger charge is -2.10. The van der Waals surface area contributed by atoms with Crippen LogP contribution < -0.4 is 20.3 Å². The van der Waals surface area contributed by atoms with Crippen molar-refractivity contribution in [2.75, 3.05) is 26.1 Å². The van der Waals surface area contributed by atoms with Crippen molar-refractivity contribution in [2.24, 2.45) is 0 Å². The van der Waals surface area contributed by atoms with E-state index in [2.05, 4.69) is 10.4 Å². The molecule has 1 N–H and O–H groups in total. The fourth-order valence-corrected chi connectivity index (χ4v) is 4.68. The smallest absolute Gasteiger partial charge is 0.359 e. The first-order valence-corrected chi connectivity index (χ1v) is 12.3. The quantitative estimate of drug-likeness (QED) is 0.249. The maximum Gasteiger partial charge on any atom is 0.359 e. The van der Waals surface area contributed by atoms with Gasteiger partial charge >= 0.3 is 5.97 Å². The number of methoxy groups -OCH3 is 2. The fraction of sp³-hybridized carbons (Fsp3) is 0.154. The molecule has 4 aromatic rings. The first-order valence-electron chi connectivity index (χ1n) is 11.0. The number of carbonyl (C=O) groups is 2. The summed E-state index contributed by atoms with van der Waals surface area (Å²) in [5.74, 6) is -0.0694. The second kappa shape index (κ2) is 11.3. The van der Waals surface area contributed by atoms with Crippen molar-refractivity contribution in [1.82, 2.24) is 9.78 Å². The minimum atomic E-state index is -0.688. The van der Waals surface area contributed by atoms with E-state index in [-0.39, 0.29) is 28.1 Å². The molecule has 0 atom stereocenters. The zero-order valence-corrected chi connectivity index (χ0v) is 21.7. The second-order valence-electron chi connectivity index (χ2n) is 7.56. The Kier molecular flexibility index (Phi) is 7.90. The van der Waals surface area contributed by atoms with Crippen molar-refractivity contribution < 1.29 is 23.8 Å². The molecule has 190 valence electrons. The molecule has 11 heteroatoms. The van der Waals surface area contributed by atoms with Crippen LogP contribution in [0.15, 0.2) is 58.7 Å². The number of halogens is 1. The van der Waals surface area contributed by atoms with Gasteiger partial charge in [-0.1, -0.05) is 23.7 Å². The van der Waals surface area contributed by atoms with Crippen LogP contribution in [0.1, 0.15) is 23.0 Å². The molecule has 0 aliphatic heterocycles. The molecule has 2 aromatic carbocycles. The van der Waals surface area contributed by atoms with Gasteiger partial charge in [-0.2, -0.15) is 9.78 Å². The van der Waals surface area contributed by atoms with Crippen LogP contribution in [-0.4, -0.2) is 42.5 Å². The summed E-state index contributed by atoms with van der Waals surface area (Å²) in [6, 6.07) is 11.7. The van der Waals surface area contributed by atoms with Gasteiger partial charge in [-0.15, -0.1) is 11.3 Å². The maximum absolute atomic E-state index is 13.5. The Balaban J connectivity index is 1.73. The van der Waals surface area contributed by atoms with Crippen LogP contribution in [0, 0.1) is 0 Å². The summed E-state index contributed by atoms with van der Waals surface area (Å²) >= 11 is 7.21. The Labute approximate surface area is 220 Å². The number of hydrogen-bond acceptors (Lipinski definition) is 8. The van der Waals surface area contributed by atoms with Gasteiger partial charge in [0, 0.05) is 21.9 Å². The van der Waals surface area contributed by atoms with Gasteiger partial charge in [-0.05, 0) is 48.9 Å². The SMILES string of the molecule is CCOC(=O)c1nn(-c2cccc(Cl)c2)c(=O)c2c(NC(=O)/C=C/c3ccc(OC)c(OC)c3)scc12. The van der Waals surface area contributed by atoms with E-state index in [4.69, 9.17) is 25.8 Å². The molecule has 0 bridgehead atoms. The number of nitrogens with one attached hydrogen (secondary N) is 1. The number of hydrogen-bond donors (Lipinski definition) is 1. The summed E-state index contributed by atoms with van der Waals surface area (Å²) in [4.78, 5) is 38.9. The van der Waals surface area contributed by atoms with E-state index in [1.165, 1.54) is 20.3 Å². The van der Waals surface area contributed by atoms with Gasteiger partial charge in [0.25, 0.3) is 5.56 Å². The summed E-state index contributed by atoms with van der Waals surface area (Å²) in [6.07, 6.45) is 2.93. The van der Waals surface area contributed by atoms with Gasteiger partial charge in [-0.25, -0.2) is 4.79 Å². The lowest BCUT2D eigenvalue weighted by molar-refractivity contribution is -0.111. The molecule has 0 radical (unpaired) electrons. The van der Waals surface area contributed by atoms with Crippen molar-refractivity contribution >= 4 is 56.7 Å². The van der Waals surface area contributed by atoms with E-state index in [1.807, 2.05) is 0 Å². The molecule has 0 spiro atoms. The molecule has 37 heavy (non-hydrogen) atoms. The predicted octanol–water partition coefficient (Wildman–Crippen LogP) is 4.95. The summed E-state index contributed by atoms with van der Waals surface area (Å²) < 4.78 is 16.7. The number of ether oxygens (including phenoxy) is 3. The molecule has 0 unspecified atom stereocenters. The number of anilines is 1. The van der Waals surface area contributed by atoms with Crippen LogP contribution in [0.5, 0.6) is 11.5 Å². The number of thiophene rings is 1. The highest BCUT2D eigenvalue weighted by Gasteiger charge is 2.23. The largest absolute Gasteiger partial charge is 0.493 e. The van der Waals surface area contributed by atoms with Crippen molar-refractivity contribution in [3.05, 3.63) is 80.6 Å². The molecular weight excluding hydrogens is 518 g/mol. The second-order valence-corrected chi connectivity index (χ2v) is 8.87. The van der Waals surface area contributed by atoms with Gasteiger partial charge in [0.1, 0.15) is 5.00 Å². The van der Waals surface area contributed by atoms with Crippen molar-refractivity contribution in [3.8, 4) is 17.2 Å². The number of fused-ring (bicyclic) bond motifs is 1. The standard InChI is InChI=1S/C26H22ClN3O6S/c1-4-36-26(33)23-18-14-37-24(22(18)25(32)30(29-23)17-7-5-6-16(27)13-17)28-21(31)11-9-15-8-10-19(34-2)20(12-15)35-3/h5-14H,4H2,1-3H3,(H,28,31)/b11-9+. The number of amides is 1. The van der Waals surface area contributed by atoms with Gasteiger partial charge in [0.15, 0.2) is 17.2 Å². The first kappa shape index (κ1) is 25.9. The number of benzene rings is 2. The minimum Gasteiger partial charge on any atom is -0.493 e. The first-order chi connectivity index (χ1) is 17.9. The normalized spacial score (nSPS) is 11.0. The van der Waals surface area contributed by atoms with Gasteiger partial charge < -0.3 is 19.5 Å². The number of rotatable bonds is 8. The fourth-order valence-electron chi connectivity index (χ4n) is 3.56. The molecular formula is C26H22ClN3O6S. The third-order valence-electron chi connectivity index (χ3n) is 5.25. The predicted molar refractivity (Wildman–Crippen MR) is 143 cm³/mol. The molecule has 0 saturated heterocycles. The van der Waals surface area contributed by atoms with Crippen LogP contribution in [0.4, 0.5) is 5.00 Å². The molecule has 0 aliphatic carbocycles. The van der Waals surface area contributed by atoms with Crippen LogP contribution in [0.3, 0.4) is 0 Å². The average molecular weight is 540 g/mol. The number of carbonyl (C=O) groups excluding carboxylic acids is 2. The highest BCUT2D eigenvalue weighted by Crippen LogP contribution is 2.31. The van der Waals surface area contributed by atoms with Crippen LogP contribution in [-0.2, 0) is 9.53 Å². The zero-order valence-electron chi connectivity index (χ0n) is 20.1. The van der Waals surface area contributed by atoms with Crippen molar-refractivity contribution in [1.29, 1.82) is 0 Å². The van der Waals surface area contributed by atoms with E-state index >= 15 is 0 Å². The number of nitrogens with zero attached hydrogens (tertiary/aromatic N) is 2. The maximum atomic E-state index is 13.5. The molecule has 0 aliphatic rings. The number of aromatic nitrogens is 2. The van der Waals surface area contributed by atoms with Crippen molar-refractivity contribution in [3.63, 3.8) is 0 Å². The van der Waals surface area contributed by atoms with Gasteiger partial charge in [0.05, 0.1) is 31.9 Å². The average Bonchev–Trinajstić information content (AvgIpc) is 3.31. The lowest BCUT2D eigenvalue weighted by atomic mass is 10.2. The Morgan fingerprint density at radius 2 is 1.92 bits per heavy atom. The monoisotopic (exact) mass is 539 g/mol. The van der Waals surface area contributed by atoms with Crippen molar-refractivity contribution in [2.45, 2.75) is 6.92 Å². The molecule has 2 heterocycles. The summed E-state index contributed by atoms with van der Waals surface area (Å²) in [5, 5.41) is 9.66. The van der Waals surface area contributed by atoms with Crippen LogP contribution in [0.2, 0.25) is 5.02 Å². The highest BCUT2D eigenvalue weighted by atomic mass is 35.5. The zero-order chi connectivity index (χ0) is 26.5. The Hall–Kier alpha value is -4.15. The molecule has 0 saturated carbocycles. The van der Waals surface area contributed by atoms with E-state index in [9.17, 15) is 14.4 Å². The van der Waals surface area contributed by atoms with Crippen LogP contribution in [0.25, 0.3) is 22.5 Å². The lowest BCUT2D eigenvalue weighted by Crippen LogP contribution is -2.25. The highest BCUT2D eigenvalue weighted by molar-refractivity contribution is 7.16. The Morgan fingerprint density at radius 1 is 1.14 bits per heavy atom. The van der Waals surface area contributed by atoms with E-state index in [0.717, 1.165) is 16.0 Å².